The van der Waals surface area contributed by atoms with Gasteiger partial charge in [0.1, 0.15) is 11.9 Å². The van der Waals surface area contributed by atoms with E-state index < -0.39 is 11.7 Å². The van der Waals surface area contributed by atoms with Crippen LogP contribution >= 0.6 is 0 Å². The summed E-state index contributed by atoms with van der Waals surface area (Å²) < 4.78 is 5.20. The van der Waals surface area contributed by atoms with Gasteiger partial charge >= 0.3 is 6.09 Å². The SMILES string of the molecule is CC(C)(C)OC(=O)N1C[C@@H](CO)[C@H](C=O)C1. The smallest absolute Gasteiger partial charge is 0.410 e. The number of nitrogens with zero attached hydrogens (tertiary/aromatic N) is 1. The van der Waals surface area contributed by atoms with E-state index in [0.717, 1.165) is 6.29 Å². The zero-order valence-electron chi connectivity index (χ0n) is 9.97. The molecule has 5 nitrogen and oxygen atoms in total. The molecule has 0 aliphatic carbocycles. The Morgan fingerprint density at radius 2 is 2.12 bits per heavy atom. The summed E-state index contributed by atoms with van der Waals surface area (Å²) >= 11 is 0. The fraction of sp³-hybridized carbons (Fsp3) is 0.818. The van der Waals surface area contributed by atoms with Crippen LogP contribution in [0.3, 0.4) is 0 Å². The molecule has 1 heterocycles. The molecule has 0 aromatic heterocycles. The lowest BCUT2D eigenvalue weighted by molar-refractivity contribution is -0.112. The molecule has 0 unspecified atom stereocenters. The summed E-state index contributed by atoms with van der Waals surface area (Å²) in [5, 5.41) is 9.06. The van der Waals surface area contributed by atoms with Crippen molar-refractivity contribution in [2.75, 3.05) is 19.7 Å². The lowest BCUT2D eigenvalue weighted by Crippen LogP contribution is -2.35. The second-order valence-electron chi connectivity index (χ2n) is 5.13. The number of hydrogen-bond acceptors (Lipinski definition) is 4. The van der Waals surface area contributed by atoms with Crippen LogP contribution < -0.4 is 0 Å². The van der Waals surface area contributed by atoms with Gasteiger partial charge in [-0.15, -0.1) is 0 Å². The average molecular weight is 229 g/mol. The summed E-state index contributed by atoms with van der Waals surface area (Å²) in [6.07, 6.45) is 0.376. The highest BCUT2D eigenvalue weighted by molar-refractivity contribution is 5.70. The minimum Gasteiger partial charge on any atom is -0.444 e. The number of aliphatic hydroxyl groups is 1. The summed E-state index contributed by atoms with van der Waals surface area (Å²) in [6.45, 7) is 6.02. The average Bonchev–Trinajstić information content (AvgIpc) is 2.57. The third kappa shape index (κ3) is 3.20. The van der Waals surface area contributed by atoms with E-state index in [9.17, 15) is 9.59 Å². The van der Waals surface area contributed by atoms with Crippen LogP contribution in [0.25, 0.3) is 0 Å². The molecule has 1 rings (SSSR count). The molecule has 0 radical (unpaired) electrons. The molecule has 0 aromatic rings. The number of aldehydes is 1. The molecule has 0 spiro atoms. The van der Waals surface area contributed by atoms with Crippen molar-refractivity contribution in [1.29, 1.82) is 0 Å². The normalized spacial score (nSPS) is 25.6. The van der Waals surface area contributed by atoms with E-state index in [4.69, 9.17) is 9.84 Å². The topological polar surface area (TPSA) is 66.8 Å². The van der Waals surface area contributed by atoms with E-state index >= 15 is 0 Å². The van der Waals surface area contributed by atoms with Gasteiger partial charge in [-0.1, -0.05) is 0 Å². The van der Waals surface area contributed by atoms with E-state index in [1.807, 2.05) is 0 Å². The number of hydrogen-bond donors (Lipinski definition) is 1. The monoisotopic (exact) mass is 229 g/mol. The van der Waals surface area contributed by atoms with E-state index in [1.54, 1.807) is 20.8 Å². The van der Waals surface area contributed by atoms with Crippen molar-refractivity contribution in [2.24, 2.45) is 11.8 Å². The number of amides is 1. The van der Waals surface area contributed by atoms with Crippen LogP contribution in [-0.2, 0) is 9.53 Å². The molecule has 1 aliphatic rings. The third-order valence-corrected chi connectivity index (χ3v) is 2.55. The molecule has 1 amide bonds. The molecule has 0 saturated carbocycles. The maximum Gasteiger partial charge on any atom is 0.410 e. The number of rotatable bonds is 2. The molecule has 0 bridgehead atoms. The minimum atomic E-state index is -0.537. The molecule has 92 valence electrons. The fourth-order valence-electron chi connectivity index (χ4n) is 1.72. The number of ether oxygens (including phenoxy) is 1. The molecular weight excluding hydrogens is 210 g/mol. The van der Waals surface area contributed by atoms with Gasteiger partial charge in [-0.3, -0.25) is 0 Å². The molecule has 0 aromatic carbocycles. The first-order chi connectivity index (χ1) is 7.37. The van der Waals surface area contributed by atoms with Gasteiger partial charge in [-0.2, -0.15) is 0 Å². The first kappa shape index (κ1) is 13.0. The molecule has 1 saturated heterocycles. The van der Waals surface area contributed by atoms with E-state index in [-0.39, 0.29) is 18.4 Å². The Morgan fingerprint density at radius 3 is 2.50 bits per heavy atom. The van der Waals surface area contributed by atoms with Crippen molar-refractivity contribution < 1.29 is 19.4 Å². The maximum absolute atomic E-state index is 11.7. The largest absolute Gasteiger partial charge is 0.444 e. The molecular formula is C11H19NO4. The van der Waals surface area contributed by atoms with Crippen molar-refractivity contribution in [1.82, 2.24) is 4.90 Å². The predicted octanol–water partition coefficient (Wildman–Crippen LogP) is 0.661. The minimum absolute atomic E-state index is 0.0807. The zero-order valence-corrected chi connectivity index (χ0v) is 9.97. The van der Waals surface area contributed by atoms with Crippen LogP contribution in [0.5, 0.6) is 0 Å². The highest BCUT2D eigenvalue weighted by atomic mass is 16.6. The van der Waals surface area contributed by atoms with Gasteiger partial charge in [-0.25, -0.2) is 4.79 Å². The van der Waals surface area contributed by atoms with Crippen molar-refractivity contribution in [3.8, 4) is 0 Å². The maximum atomic E-state index is 11.7. The van der Waals surface area contributed by atoms with Gasteiger partial charge < -0.3 is 19.5 Å². The summed E-state index contributed by atoms with van der Waals surface area (Å²) in [7, 11) is 0. The first-order valence-corrected chi connectivity index (χ1v) is 5.41. The van der Waals surface area contributed by atoms with Gasteiger partial charge in [0.25, 0.3) is 0 Å². The predicted molar refractivity (Wildman–Crippen MR) is 57.9 cm³/mol. The van der Waals surface area contributed by atoms with Crippen LogP contribution in [0, 0.1) is 11.8 Å². The van der Waals surface area contributed by atoms with Crippen molar-refractivity contribution in [3.05, 3.63) is 0 Å². The Labute approximate surface area is 95.4 Å². The summed E-state index contributed by atoms with van der Waals surface area (Å²) in [4.78, 5) is 23.9. The van der Waals surface area contributed by atoms with Crippen molar-refractivity contribution in [2.45, 2.75) is 26.4 Å². The lowest BCUT2D eigenvalue weighted by Gasteiger charge is -2.24. The van der Waals surface area contributed by atoms with Crippen LogP contribution in [0.4, 0.5) is 4.79 Å². The zero-order chi connectivity index (χ0) is 12.3. The molecule has 2 atom stereocenters. The second kappa shape index (κ2) is 4.82. The highest BCUT2D eigenvalue weighted by Crippen LogP contribution is 2.23. The van der Waals surface area contributed by atoms with Gasteiger partial charge in [0, 0.05) is 31.5 Å². The first-order valence-electron chi connectivity index (χ1n) is 5.41. The van der Waals surface area contributed by atoms with Crippen molar-refractivity contribution in [3.63, 3.8) is 0 Å². The Bertz CT molecular complexity index is 272. The Hall–Kier alpha value is -1.10. The number of carbonyl (C=O) groups excluding carboxylic acids is 2. The van der Waals surface area contributed by atoms with Crippen LogP contribution in [-0.4, -0.2) is 47.7 Å². The van der Waals surface area contributed by atoms with E-state index in [1.165, 1.54) is 4.90 Å². The molecule has 1 fully saturated rings. The second-order valence-corrected chi connectivity index (χ2v) is 5.13. The highest BCUT2D eigenvalue weighted by Gasteiger charge is 2.36. The molecule has 1 N–H and O–H groups in total. The Morgan fingerprint density at radius 1 is 1.50 bits per heavy atom. The molecule has 5 heteroatoms. The van der Waals surface area contributed by atoms with Gasteiger partial charge in [0.15, 0.2) is 0 Å². The van der Waals surface area contributed by atoms with Gasteiger partial charge in [-0.05, 0) is 20.8 Å². The van der Waals surface area contributed by atoms with E-state index in [2.05, 4.69) is 0 Å². The summed E-state index contributed by atoms with van der Waals surface area (Å²) in [5.74, 6) is -0.442. The Balaban J connectivity index is 2.57. The standard InChI is InChI=1S/C11H19NO4/c1-11(2,3)16-10(15)12-4-8(6-13)9(5-12)7-14/h6,8-9,14H,4-5,7H2,1-3H3/t8-,9-/m0/s1. The molecule has 1 aliphatic heterocycles. The van der Waals surface area contributed by atoms with Crippen LogP contribution in [0.1, 0.15) is 20.8 Å². The van der Waals surface area contributed by atoms with Crippen LogP contribution in [0.15, 0.2) is 0 Å². The number of aliphatic hydroxyl groups excluding tert-OH is 1. The molecule has 16 heavy (non-hydrogen) atoms. The summed E-state index contributed by atoms with van der Waals surface area (Å²) in [6, 6.07) is 0. The number of carbonyl (C=O) groups is 2. The lowest BCUT2D eigenvalue weighted by atomic mass is 9.99. The summed E-state index contributed by atoms with van der Waals surface area (Å²) in [5.41, 5.74) is -0.537. The fourth-order valence-corrected chi connectivity index (χ4v) is 1.72. The van der Waals surface area contributed by atoms with E-state index in [0.29, 0.717) is 13.1 Å². The Kier molecular flexibility index (Phi) is 3.91. The van der Waals surface area contributed by atoms with Crippen molar-refractivity contribution >= 4 is 12.4 Å². The number of likely N-dealkylation sites (tertiary alicyclic amines) is 1. The van der Waals surface area contributed by atoms with Gasteiger partial charge in [0.05, 0.1) is 0 Å². The van der Waals surface area contributed by atoms with Crippen LogP contribution in [0.2, 0.25) is 0 Å². The quantitative estimate of drug-likeness (QED) is 0.706. The van der Waals surface area contributed by atoms with Gasteiger partial charge in [0.2, 0.25) is 0 Å². The third-order valence-electron chi connectivity index (χ3n) is 2.55.